The average Bonchev–Trinajstić information content (AvgIpc) is 2.79. The molecule has 0 bridgehead atoms. The van der Waals surface area contributed by atoms with Crippen molar-refractivity contribution < 1.29 is 22.9 Å². The van der Waals surface area contributed by atoms with Gasteiger partial charge in [0.25, 0.3) is 15.7 Å². The third kappa shape index (κ3) is 5.34. The van der Waals surface area contributed by atoms with Crippen LogP contribution in [0.4, 0.5) is 17.1 Å². The van der Waals surface area contributed by atoms with Crippen LogP contribution in [0.15, 0.2) is 65.6 Å². The van der Waals surface area contributed by atoms with E-state index in [1.807, 2.05) is 26.0 Å². The van der Waals surface area contributed by atoms with Gasteiger partial charge in [-0.05, 0) is 62.7 Å². The molecule has 0 aliphatic carbocycles. The highest BCUT2D eigenvalue weighted by Gasteiger charge is 2.29. The van der Waals surface area contributed by atoms with Crippen molar-refractivity contribution in [3.05, 3.63) is 87.5 Å². The summed E-state index contributed by atoms with van der Waals surface area (Å²) >= 11 is 0. The SMILES string of the molecule is COc1ccc(N(CC(=O)Nc2ccc(C)cc2C)S(=O)(=O)c2ccc(C)c([N+](=O)[O-])c2)cc1. The molecule has 0 aliphatic rings. The van der Waals surface area contributed by atoms with Gasteiger partial charge < -0.3 is 10.1 Å². The minimum absolute atomic E-state index is 0.208. The number of nitrogens with one attached hydrogen (secondary N) is 1. The number of hydrogen-bond donors (Lipinski definition) is 1. The number of rotatable bonds is 8. The Bertz CT molecular complexity index is 1340. The van der Waals surface area contributed by atoms with Gasteiger partial charge in [0, 0.05) is 17.3 Å². The molecule has 178 valence electrons. The van der Waals surface area contributed by atoms with Crippen LogP contribution in [0.3, 0.4) is 0 Å². The Balaban J connectivity index is 2.02. The Morgan fingerprint density at radius 1 is 1.00 bits per heavy atom. The number of benzene rings is 3. The van der Waals surface area contributed by atoms with Gasteiger partial charge in [-0.1, -0.05) is 23.8 Å². The molecule has 0 radical (unpaired) electrons. The van der Waals surface area contributed by atoms with Crippen molar-refractivity contribution in [1.82, 2.24) is 0 Å². The highest BCUT2D eigenvalue weighted by atomic mass is 32.2. The molecule has 1 N–H and O–H groups in total. The van der Waals surface area contributed by atoms with Crippen LogP contribution in [0, 0.1) is 30.9 Å². The number of sulfonamides is 1. The standard InChI is InChI=1S/C24H25N3O6S/c1-16-5-12-22(18(3)13-16)25-24(28)15-26(19-7-9-20(33-4)10-8-19)34(31,32)21-11-6-17(2)23(14-21)27(29)30/h5-14H,15H2,1-4H3,(H,25,28). The van der Waals surface area contributed by atoms with E-state index < -0.39 is 27.4 Å². The molecule has 3 aromatic carbocycles. The smallest absolute Gasteiger partial charge is 0.273 e. The van der Waals surface area contributed by atoms with Gasteiger partial charge in [-0.25, -0.2) is 8.42 Å². The van der Waals surface area contributed by atoms with Crippen molar-refractivity contribution >= 4 is 33.0 Å². The molecule has 1 amide bonds. The van der Waals surface area contributed by atoms with E-state index in [4.69, 9.17) is 4.74 Å². The quantitative estimate of drug-likeness (QED) is 0.376. The number of nitrogens with zero attached hydrogens (tertiary/aromatic N) is 2. The second kappa shape index (κ2) is 9.92. The maximum absolute atomic E-state index is 13.6. The number of carbonyl (C=O) groups is 1. The predicted molar refractivity (Wildman–Crippen MR) is 130 cm³/mol. The van der Waals surface area contributed by atoms with Crippen molar-refractivity contribution in [2.24, 2.45) is 0 Å². The number of amides is 1. The maximum Gasteiger partial charge on any atom is 0.273 e. The first-order valence-corrected chi connectivity index (χ1v) is 11.8. The zero-order valence-corrected chi connectivity index (χ0v) is 20.0. The van der Waals surface area contributed by atoms with E-state index in [0.717, 1.165) is 21.5 Å². The molecule has 0 atom stereocenters. The lowest BCUT2D eigenvalue weighted by Gasteiger charge is -2.24. The minimum Gasteiger partial charge on any atom is -0.497 e. The van der Waals surface area contributed by atoms with E-state index in [0.29, 0.717) is 17.0 Å². The van der Waals surface area contributed by atoms with Crippen LogP contribution in [0.25, 0.3) is 0 Å². The first-order chi connectivity index (χ1) is 16.0. The second-order valence-corrected chi connectivity index (χ2v) is 9.64. The number of methoxy groups -OCH3 is 1. The third-order valence-corrected chi connectivity index (χ3v) is 7.04. The molecule has 0 saturated heterocycles. The van der Waals surface area contributed by atoms with E-state index in [-0.39, 0.29) is 16.3 Å². The first kappa shape index (κ1) is 24.7. The van der Waals surface area contributed by atoms with Crippen LogP contribution in [-0.4, -0.2) is 32.9 Å². The maximum atomic E-state index is 13.6. The predicted octanol–water partition coefficient (Wildman–Crippen LogP) is 4.36. The van der Waals surface area contributed by atoms with Crippen LogP contribution < -0.4 is 14.4 Å². The van der Waals surface area contributed by atoms with Crippen molar-refractivity contribution in [2.45, 2.75) is 25.7 Å². The van der Waals surface area contributed by atoms with Crippen molar-refractivity contribution in [1.29, 1.82) is 0 Å². The van der Waals surface area contributed by atoms with Gasteiger partial charge in [-0.2, -0.15) is 0 Å². The molecule has 10 heteroatoms. The average molecular weight is 484 g/mol. The molecule has 9 nitrogen and oxygen atoms in total. The summed E-state index contributed by atoms with van der Waals surface area (Å²) in [5, 5.41) is 14.1. The third-order valence-electron chi connectivity index (χ3n) is 5.27. The molecule has 0 aliphatic heterocycles. The lowest BCUT2D eigenvalue weighted by Crippen LogP contribution is -2.38. The van der Waals surface area contributed by atoms with Gasteiger partial charge in [-0.3, -0.25) is 19.2 Å². The molecule has 0 heterocycles. The van der Waals surface area contributed by atoms with Gasteiger partial charge in [-0.15, -0.1) is 0 Å². The van der Waals surface area contributed by atoms with Crippen molar-refractivity contribution in [2.75, 3.05) is 23.3 Å². The van der Waals surface area contributed by atoms with E-state index in [9.17, 15) is 23.3 Å². The van der Waals surface area contributed by atoms with Gasteiger partial charge in [0.2, 0.25) is 5.91 Å². The first-order valence-electron chi connectivity index (χ1n) is 10.3. The van der Waals surface area contributed by atoms with E-state index in [2.05, 4.69) is 5.32 Å². The topological polar surface area (TPSA) is 119 Å². The van der Waals surface area contributed by atoms with E-state index >= 15 is 0 Å². The lowest BCUT2D eigenvalue weighted by atomic mass is 10.1. The molecule has 3 rings (SSSR count). The molecule has 0 unspecified atom stereocenters. The van der Waals surface area contributed by atoms with Gasteiger partial charge in [0.15, 0.2) is 0 Å². The fourth-order valence-electron chi connectivity index (χ4n) is 3.41. The van der Waals surface area contributed by atoms with Crippen molar-refractivity contribution in [3.8, 4) is 5.75 Å². The highest BCUT2D eigenvalue weighted by molar-refractivity contribution is 7.92. The molecular formula is C24H25N3O6S. The number of anilines is 2. The summed E-state index contributed by atoms with van der Waals surface area (Å²) in [6.45, 7) is 4.75. The van der Waals surface area contributed by atoms with Crippen LogP contribution in [0.1, 0.15) is 16.7 Å². The molecule has 0 saturated carbocycles. The fourth-order valence-corrected chi connectivity index (χ4v) is 4.85. The summed E-state index contributed by atoms with van der Waals surface area (Å²) in [4.78, 5) is 23.3. The second-order valence-electron chi connectivity index (χ2n) is 7.78. The van der Waals surface area contributed by atoms with Crippen LogP contribution >= 0.6 is 0 Å². The minimum atomic E-state index is -4.32. The zero-order chi connectivity index (χ0) is 25.0. The largest absolute Gasteiger partial charge is 0.497 e. The molecular weight excluding hydrogens is 458 g/mol. The van der Waals surface area contributed by atoms with Crippen LogP contribution in [0.2, 0.25) is 0 Å². The molecule has 0 spiro atoms. The summed E-state index contributed by atoms with van der Waals surface area (Å²) < 4.78 is 33.2. The lowest BCUT2D eigenvalue weighted by molar-refractivity contribution is -0.385. The highest BCUT2D eigenvalue weighted by Crippen LogP contribution is 2.29. The van der Waals surface area contributed by atoms with Crippen LogP contribution in [-0.2, 0) is 14.8 Å². The number of hydrogen-bond acceptors (Lipinski definition) is 6. The Morgan fingerprint density at radius 3 is 2.26 bits per heavy atom. The Labute approximate surface area is 198 Å². The summed E-state index contributed by atoms with van der Waals surface area (Å²) in [5.41, 5.74) is 2.64. The molecule has 0 aromatic heterocycles. The number of ether oxygens (including phenoxy) is 1. The van der Waals surface area contributed by atoms with Gasteiger partial charge in [0.1, 0.15) is 12.3 Å². The van der Waals surface area contributed by atoms with Gasteiger partial charge >= 0.3 is 0 Å². The van der Waals surface area contributed by atoms with Gasteiger partial charge in [0.05, 0.1) is 22.6 Å². The van der Waals surface area contributed by atoms with Crippen molar-refractivity contribution in [3.63, 3.8) is 0 Å². The monoisotopic (exact) mass is 483 g/mol. The fraction of sp³-hybridized carbons (Fsp3) is 0.208. The Hall–Kier alpha value is -3.92. The Kier molecular flexibility index (Phi) is 7.21. The van der Waals surface area contributed by atoms with E-state index in [1.54, 1.807) is 18.2 Å². The van der Waals surface area contributed by atoms with Crippen LogP contribution in [0.5, 0.6) is 5.75 Å². The molecule has 3 aromatic rings. The molecule has 34 heavy (non-hydrogen) atoms. The number of carbonyl (C=O) groups excluding carboxylic acids is 1. The summed E-state index contributed by atoms with van der Waals surface area (Å²) in [5.74, 6) is -0.0558. The van der Waals surface area contributed by atoms with E-state index in [1.165, 1.54) is 38.3 Å². The normalized spacial score (nSPS) is 11.1. The number of nitro benzene ring substituents is 1. The zero-order valence-electron chi connectivity index (χ0n) is 19.2. The number of nitro groups is 1. The molecule has 0 fully saturated rings. The summed E-state index contributed by atoms with van der Waals surface area (Å²) in [7, 11) is -2.84. The number of aryl methyl sites for hydroxylation is 3. The Morgan fingerprint density at radius 2 is 1.68 bits per heavy atom. The summed E-state index contributed by atoms with van der Waals surface area (Å²) in [6.07, 6.45) is 0. The summed E-state index contributed by atoms with van der Waals surface area (Å²) in [6, 6.07) is 15.3.